The molecule has 0 atom stereocenters. The number of carbonyl (C=O) groups excluding carboxylic acids is 1. The summed E-state index contributed by atoms with van der Waals surface area (Å²) in [5.74, 6) is 1.62. The van der Waals surface area contributed by atoms with Crippen LogP contribution < -0.4 is 9.47 Å². The quantitative estimate of drug-likeness (QED) is 0.646. The van der Waals surface area contributed by atoms with Gasteiger partial charge in [0.15, 0.2) is 11.5 Å². The molecule has 0 saturated carbocycles. The first-order chi connectivity index (χ1) is 13.6. The molecule has 1 aromatic carbocycles. The van der Waals surface area contributed by atoms with Crippen molar-refractivity contribution < 1.29 is 14.3 Å². The van der Waals surface area contributed by atoms with Crippen molar-refractivity contribution in [2.75, 3.05) is 47.4 Å². The summed E-state index contributed by atoms with van der Waals surface area (Å²) >= 11 is 1.82. The molecular formula is C22H30N2O3S. The summed E-state index contributed by atoms with van der Waals surface area (Å²) in [5.41, 5.74) is 2.24. The summed E-state index contributed by atoms with van der Waals surface area (Å²) < 4.78 is 10.8. The van der Waals surface area contributed by atoms with E-state index in [4.69, 9.17) is 9.47 Å². The minimum atomic E-state index is 0.201. The molecule has 1 aliphatic heterocycles. The van der Waals surface area contributed by atoms with Crippen molar-refractivity contribution in [3.63, 3.8) is 0 Å². The number of ether oxygens (including phenoxy) is 2. The highest BCUT2D eigenvalue weighted by atomic mass is 32.1. The molecule has 6 heteroatoms. The van der Waals surface area contributed by atoms with E-state index >= 15 is 0 Å². The van der Waals surface area contributed by atoms with E-state index in [1.807, 2.05) is 28.4 Å². The first kappa shape index (κ1) is 20.7. The smallest absolute Gasteiger partial charge is 0.227 e. The van der Waals surface area contributed by atoms with Crippen molar-refractivity contribution in [2.45, 2.75) is 25.7 Å². The lowest BCUT2D eigenvalue weighted by Gasteiger charge is -2.22. The molecule has 0 unspecified atom stereocenters. The Balaban J connectivity index is 1.50. The monoisotopic (exact) mass is 402 g/mol. The number of carbonyl (C=O) groups is 1. The first-order valence-electron chi connectivity index (χ1n) is 9.83. The number of rotatable bonds is 9. The second kappa shape index (κ2) is 9.94. The lowest BCUT2D eigenvalue weighted by atomic mass is 10.0. The molecule has 0 N–H and O–H groups in total. The van der Waals surface area contributed by atoms with Gasteiger partial charge in [0.2, 0.25) is 5.91 Å². The van der Waals surface area contributed by atoms with Crippen LogP contribution in [0.25, 0.3) is 0 Å². The van der Waals surface area contributed by atoms with Gasteiger partial charge in [-0.05, 0) is 67.6 Å². The largest absolute Gasteiger partial charge is 0.493 e. The van der Waals surface area contributed by atoms with E-state index in [1.54, 1.807) is 14.2 Å². The van der Waals surface area contributed by atoms with Gasteiger partial charge >= 0.3 is 0 Å². The van der Waals surface area contributed by atoms with E-state index in [0.29, 0.717) is 12.2 Å². The van der Waals surface area contributed by atoms with Crippen LogP contribution in [0.5, 0.6) is 11.5 Å². The number of benzene rings is 1. The van der Waals surface area contributed by atoms with E-state index in [2.05, 4.69) is 29.5 Å². The second-order valence-electron chi connectivity index (χ2n) is 7.27. The molecule has 28 heavy (non-hydrogen) atoms. The third-order valence-electron chi connectivity index (χ3n) is 5.34. The van der Waals surface area contributed by atoms with Crippen molar-refractivity contribution in [3.8, 4) is 11.5 Å². The Labute approximate surface area is 171 Å². The molecule has 0 radical (unpaired) electrons. The highest BCUT2D eigenvalue weighted by Crippen LogP contribution is 2.32. The van der Waals surface area contributed by atoms with Gasteiger partial charge in [0.05, 0.1) is 20.6 Å². The van der Waals surface area contributed by atoms with Gasteiger partial charge < -0.3 is 19.3 Å². The molecule has 1 amide bonds. The molecule has 0 bridgehead atoms. The number of fused-ring (bicyclic) bond motifs is 1. The zero-order chi connectivity index (χ0) is 19.9. The summed E-state index contributed by atoms with van der Waals surface area (Å²) in [6.07, 6.45) is 3.38. The fourth-order valence-electron chi connectivity index (χ4n) is 3.65. The van der Waals surface area contributed by atoms with Crippen molar-refractivity contribution >= 4 is 17.2 Å². The van der Waals surface area contributed by atoms with E-state index in [-0.39, 0.29) is 5.91 Å². The van der Waals surface area contributed by atoms with Gasteiger partial charge in [0, 0.05) is 24.5 Å². The van der Waals surface area contributed by atoms with Gasteiger partial charge in [0.25, 0.3) is 0 Å². The summed E-state index contributed by atoms with van der Waals surface area (Å²) in [7, 11) is 5.43. The van der Waals surface area contributed by atoms with Crippen molar-refractivity contribution in [3.05, 3.63) is 45.6 Å². The van der Waals surface area contributed by atoms with Crippen LogP contribution in [0.3, 0.4) is 0 Å². The molecule has 1 aromatic heterocycles. The maximum atomic E-state index is 12.7. The van der Waals surface area contributed by atoms with Gasteiger partial charge in [-0.1, -0.05) is 6.07 Å². The standard InChI is InChI=1S/C22H30N2O3S/c1-23(11-8-19-6-4-13-28-19)9-5-10-24-12-7-17-14-20(26-2)21(27-3)15-18(17)16-22(24)25/h4,6,13-15H,5,7-12,16H2,1-3H3. The molecule has 0 spiro atoms. The highest BCUT2D eigenvalue weighted by Gasteiger charge is 2.22. The Morgan fingerprint density at radius 2 is 1.89 bits per heavy atom. The Hall–Kier alpha value is -2.05. The third kappa shape index (κ3) is 5.26. The molecule has 0 saturated heterocycles. The average molecular weight is 403 g/mol. The Kier molecular flexibility index (Phi) is 7.34. The number of hydrogen-bond donors (Lipinski definition) is 0. The maximum Gasteiger partial charge on any atom is 0.227 e. The minimum absolute atomic E-state index is 0.201. The van der Waals surface area contributed by atoms with Crippen LogP contribution in [0.4, 0.5) is 0 Å². The van der Waals surface area contributed by atoms with E-state index in [9.17, 15) is 4.79 Å². The summed E-state index contributed by atoms with van der Waals surface area (Å²) in [6, 6.07) is 8.27. The van der Waals surface area contributed by atoms with Gasteiger partial charge in [-0.3, -0.25) is 4.79 Å². The van der Waals surface area contributed by atoms with Gasteiger partial charge in [-0.15, -0.1) is 11.3 Å². The fourth-order valence-corrected chi connectivity index (χ4v) is 4.35. The second-order valence-corrected chi connectivity index (χ2v) is 8.30. The molecule has 1 aliphatic rings. The molecule has 0 fully saturated rings. The highest BCUT2D eigenvalue weighted by molar-refractivity contribution is 7.09. The Morgan fingerprint density at radius 3 is 2.57 bits per heavy atom. The fraction of sp³-hybridized carbons (Fsp3) is 0.500. The number of likely N-dealkylation sites (N-methyl/N-ethyl adjacent to an activating group) is 1. The van der Waals surface area contributed by atoms with Crippen LogP contribution in [0.15, 0.2) is 29.6 Å². The van der Waals surface area contributed by atoms with Gasteiger partial charge in [0.1, 0.15) is 0 Å². The Morgan fingerprint density at radius 1 is 1.14 bits per heavy atom. The van der Waals surface area contributed by atoms with Crippen molar-refractivity contribution in [1.82, 2.24) is 9.80 Å². The first-order valence-corrected chi connectivity index (χ1v) is 10.7. The normalized spacial score (nSPS) is 14.1. The van der Waals surface area contributed by atoms with Crippen LogP contribution >= 0.6 is 11.3 Å². The van der Waals surface area contributed by atoms with Crippen LogP contribution in [0, 0.1) is 0 Å². The summed E-state index contributed by atoms with van der Waals surface area (Å²) in [6.45, 7) is 3.63. The van der Waals surface area contributed by atoms with Crippen LogP contribution in [0.2, 0.25) is 0 Å². The van der Waals surface area contributed by atoms with Gasteiger partial charge in [-0.2, -0.15) is 0 Å². The van der Waals surface area contributed by atoms with Crippen molar-refractivity contribution in [1.29, 1.82) is 0 Å². The zero-order valence-corrected chi connectivity index (χ0v) is 17.9. The zero-order valence-electron chi connectivity index (χ0n) is 17.1. The number of thiophene rings is 1. The van der Waals surface area contributed by atoms with Crippen LogP contribution in [-0.2, 0) is 24.1 Å². The maximum absolute atomic E-state index is 12.7. The number of nitrogens with zero attached hydrogens (tertiary/aromatic N) is 2. The molecule has 2 aromatic rings. The van der Waals surface area contributed by atoms with Crippen LogP contribution in [-0.4, -0.2) is 63.2 Å². The number of amides is 1. The molecule has 0 aliphatic carbocycles. The minimum Gasteiger partial charge on any atom is -0.493 e. The predicted molar refractivity (Wildman–Crippen MR) is 114 cm³/mol. The topological polar surface area (TPSA) is 42.0 Å². The lowest BCUT2D eigenvalue weighted by molar-refractivity contribution is -0.130. The van der Waals surface area contributed by atoms with E-state index in [0.717, 1.165) is 56.8 Å². The lowest BCUT2D eigenvalue weighted by Crippen LogP contribution is -2.35. The molecule has 3 rings (SSSR count). The molecule has 5 nitrogen and oxygen atoms in total. The Bertz CT molecular complexity index is 776. The summed E-state index contributed by atoms with van der Waals surface area (Å²) in [5, 5.41) is 2.13. The molecule has 152 valence electrons. The van der Waals surface area contributed by atoms with Gasteiger partial charge in [-0.25, -0.2) is 0 Å². The predicted octanol–water partition coefficient (Wildman–Crippen LogP) is 3.26. The molecule has 2 heterocycles. The average Bonchev–Trinajstić information content (AvgIpc) is 3.17. The summed E-state index contributed by atoms with van der Waals surface area (Å²) in [4.78, 5) is 18.5. The third-order valence-corrected chi connectivity index (χ3v) is 6.28. The van der Waals surface area contributed by atoms with E-state index < -0.39 is 0 Å². The number of hydrogen-bond acceptors (Lipinski definition) is 5. The number of methoxy groups -OCH3 is 2. The van der Waals surface area contributed by atoms with Crippen molar-refractivity contribution in [2.24, 2.45) is 0 Å². The van der Waals surface area contributed by atoms with Crippen LogP contribution in [0.1, 0.15) is 22.4 Å². The van der Waals surface area contributed by atoms with E-state index in [1.165, 1.54) is 10.4 Å². The molecular weight excluding hydrogens is 372 g/mol. The SMILES string of the molecule is COc1cc2c(cc1OC)CC(=O)N(CCCN(C)CCc1cccs1)CC2.